The van der Waals surface area contributed by atoms with Gasteiger partial charge < -0.3 is 0 Å². The fourth-order valence-electron chi connectivity index (χ4n) is 1.62. The Bertz CT molecular complexity index is 625. The van der Waals surface area contributed by atoms with Gasteiger partial charge in [-0.25, -0.2) is 4.39 Å². The van der Waals surface area contributed by atoms with Crippen LogP contribution in [0.5, 0.6) is 0 Å². The third kappa shape index (κ3) is 2.47. The highest BCUT2D eigenvalue weighted by atomic mass is 79.9. The molecule has 18 heavy (non-hydrogen) atoms. The minimum atomic E-state index is -0.401. The average Bonchev–Trinajstić information content (AvgIpc) is 2.35. The van der Waals surface area contributed by atoms with E-state index in [1.807, 2.05) is 13.0 Å². The van der Waals surface area contributed by atoms with Gasteiger partial charge in [0, 0.05) is 11.1 Å². The number of hydrogen-bond acceptors (Lipinski definition) is 1. The van der Waals surface area contributed by atoms with Gasteiger partial charge >= 0.3 is 0 Å². The molecule has 0 saturated heterocycles. The second kappa shape index (κ2) is 5.21. The number of carbonyl (C=O) groups is 1. The number of ketones is 1. The summed E-state index contributed by atoms with van der Waals surface area (Å²) in [5.74, 6) is -0.619. The number of rotatable bonds is 2. The molecule has 0 N–H and O–H groups in total. The van der Waals surface area contributed by atoms with Crippen LogP contribution in [-0.4, -0.2) is 5.78 Å². The van der Waals surface area contributed by atoms with Gasteiger partial charge in [-0.2, -0.15) is 0 Å². The van der Waals surface area contributed by atoms with Crippen LogP contribution in [0.15, 0.2) is 40.9 Å². The Hall–Kier alpha value is -1.19. The molecule has 0 fully saturated rings. The molecular formula is C14H9BrClFO. The molecule has 0 aliphatic carbocycles. The molecule has 0 saturated carbocycles. The first-order valence-corrected chi connectivity index (χ1v) is 6.42. The summed E-state index contributed by atoms with van der Waals surface area (Å²) in [5, 5.41) is 0.433. The number of aryl methyl sites for hydroxylation is 1. The quantitative estimate of drug-likeness (QED) is 0.725. The van der Waals surface area contributed by atoms with Crippen molar-refractivity contribution in [1.29, 1.82) is 0 Å². The van der Waals surface area contributed by atoms with E-state index < -0.39 is 5.82 Å². The van der Waals surface area contributed by atoms with Crippen molar-refractivity contribution < 1.29 is 9.18 Å². The lowest BCUT2D eigenvalue weighted by molar-refractivity contribution is 0.103. The SMILES string of the molecule is Cc1cccc(C(=O)c2ccc(F)c(Br)c2)c1Cl. The van der Waals surface area contributed by atoms with Gasteiger partial charge in [0.2, 0.25) is 0 Å². The Balaban J connectivity index is 2.48. The molecule has 0 radical (unpaired) electrons. The van der Waals surface area contributed by atoms with Crippen molar-refractivity contribution in [2.45, 2.75) is 6.92 Å². The van der Waals surface area contributed by atoms with Crippen LogP contribution in [0.3, 0.4) is 0 Å². The predicted molar refractivity (Wildman–Crippen MR) is 73.7 cm³/mol. The van der Waals surface area contributed by atoms with Crippen molar-refractivity contribution in [3.05, 3.63) is 68.4 Å². The van der Waals surface area contributed by atoms with Crippen LogP contribution in [0, 0.1) is 12.7 Å². The lowest BCUT2D eigenvalue weighted by Crippen LogP contribution is -2.03. The number of carbonyl (C=O) groups excluding carboxylic acids is 1. The summed E-state index contributed by atoms with van der Waals surface area (Å²) in [6.45, 7) is 1.83. The molecule has 2 aromatic carbocycles. The monoisotopic (exact) mass is 326 g/mol. The minimum absolute atomic E-state index is 0.218. The molecule has 1 nitrogen and oxygen atoms in total. The fraction of sp³-hybridized carbons (Fsp3) is 0.0714. The number of benzene rings is 2. The average molecular weight is 328 g/mol. The predicted octanol–water partition coefficient (Wildman–Crippen LogP) is 4.78. The highest BCUT2D eigenvalue weighted by Gasteiger charge is 2.15. The van der Waals surface area contributed by atoms with Crippen LogP contribution in [0.1, 0.15) is 21.5 Å². The van der Waals surface area contributed by atoms with Gasteiger partial charge in [0.25, 0.3) is 0 Å². The molecule has 0 unspecified atom stereocenters. The second-order valence-corrected chi connectivity index (χ2v) is 5.13. The summed E-state index contributed by atoms with van der Waals surface area (Å²) in [6, 6.07) is 9.42. The largest absolute Gasteiger partial charge is 0.289 e. The maximum Gasteiger partial charge on any atom is 0.194 e. The lowest BCUT2D eigenvalue weighted by atomic mass is 10.0. The van der Waals surface area contributed by atoms with Crippen LogP contribution in [0.25, 0.3) is 0 Å². The van der Waals surface area contributed by atoms with Gasteiger partial charge in [-0.3, -0.25) is 4.79 Å². The van der Waals surface area contributed by atoms with E-state index in [1.165, 1.54) is 18.2 Å². The molecule has 0 heterocycles. The highest BCUT2D eigenvalue weighted by molar-refractivity contribution is 9.10. The van der Waals surface area contributed by atoms with Crippen molar-refractivity contribution in [2.24, 2.45) is 0 Å². The first-order chi connectivity index (χ1) is 8.50. The zero-order valence-corrected chi connectivity index (χ0v) is 11.8. The number of hydrogen-bond donors (Lipinski definition) is 0. The molecule has 0 amide bonds. The summed E-state index contributed by atoms with van der Waals surface area (Å²) >= 11 is 9.16. The van der Waals surface area contributed by atoms with Gasteiger partial charge in [-0.1, -0.05) is 23.7 Å². The van der Waals surface area contributed by atoms with Gasteiger partial charge in [0.1, 0.15) is 5.82 Å². The normalized spacial score (nSPS) is 10.4. The lowest BCUT2D eigenvalue weighted by Gasteiger charge is -2.06. The topological polar surface area (TPSA) is 17.1 Å². The van der Waals surface area contributed by atoms with Crippen molar-refractivity contribution in [3.8, 4) is 0 Å². The number of halogens is 3. The van der Waals surface area contributed by atoms with Crippen LogP contribution in [0.4, 0.5) is 4.39 Å². The Morgan fingerprint density at radius 3 is 2.67 bits per heavy atom. The molecule has 0 atom stereocenters. The minimum Gasteiger partial charge on any atom is -0.289 e. The maximum atomic E-state index is 13.1. The zero-order valence-electron chi connectivity index (χ0n) is 9.51. The van der Waals surface area contributed by atoms with E-state index in [2.05, 4.69) is 15.9 Å². The van der Waals surface area contributed by atoms with E-state index in [9.17, 15) is 9.18 Å². The third-order valence-corrected chi connectivity index (χ3v) is 3.73. The van der Waals surface area contributed by atoms with E-state index in [4.69, 9.17) is 11.6 Å². The smallest absolute Gasteiger partial charge is 0.194 e. The molecule has 92 valence electrons. The maximum absolute atomic E-state index is 13.1. The molecule has 4 heteroatoms. The van der Waals surface area contributed by atoms with Gasteiger partial charge in [0.15, 0.2) is 5.78 Å². The molecule has 0 aliphatic rings. The van der Waals surface area contributed by atoms with E-state index in [1.54, 1.807) is 12.1 Å². The van der Waals surface area contributed by atoms with Crippen molar-refractivity contribution in [2.75, 3.05) is 0 Å². The Kier molecular flexibility index (Phi) is 3.83. The summed E-state index contributed by atoms with van der Waals surface area (Å²) < 4.78 is 13.4. The van der Waals surface area contributed by atoms with Crippen molar-refractivity contribution >= 4 is 33.3 Å². The van der Waals surface area contributed by atoms with Gasteiger partial charge in [0.05, 0.1) is 9.50 Å². The molecule has 0 aromatic heterocycles. The first-order valence-electron chi connectivity index (χ1n) is 5.25. The van der Waals surface area contributed by atoms with Crippen molar-refractivity contribution in [1.82, 2.24) is 0 Å². The standard InChI is InChI=1S/C14H9BrClFO/c1-8-3-2-4-10(13(8)16)14(18)9-5-6-12(17)11(15)7-9/h2-7H,1H3. The van der Waals surface area contributed by atoms with E-state index >= 15 is 0 Å². The summed E-state index contributed by atoms with van der Waals surface area (Å²) in [4.78, 5) is 12.3. The third-order valence-electron chi connectivity index (χ3n) is 2.62. The molecular weight excluding hydrogens is 319 g/mol. The van der Waals surface area contributed by atoms with E-state index in [0.29, 0.717) is 16.1 Å². The molecule has 2 aromatic rings. The fourth-order valence-corrected chi connectivity index (χ4v) is 2.21. The summed E-state index contributed by atoms with van der Waals surface area (Å²) in [6.07, 6.45) is 0. The van der Waals surface area contributed by atoms with E-state index in [-0.39, 0.29) is 10.3 Å². The Morgan fingerprint density at radius 1 is 1.28 bits per heavy atom. The van der Waals surface area contributed by atoms with Crippen LogP contribution < -0.4 is 0 Å². The molecule has 0 spiro atoms. The van der Waals surface area contributed by atoms with Crippen LogP contribution in [0.2, 0.25) is 5.02 Å². The summed E-state index contributed by atoms with van der Waals surface area (Å²) in [5.41, 5.74) is 1.66. The van der Waals surface area contributed by atoms with Crippen molar-refractivity contribution in [3.63, 3.8) is 0 Å². The van der Waals surface area contributed by atoms with Gasteiger partial charge in [-0.05, 0) is 52.7 Å². The first kappa shape index (κ1) is 13.2. The zero-order chi connectivity index (χ0) is 13.3. The highest BCUT2D eigenvalue weighted by Crippen LogP contribution is 2.25. The second-order valence-electron chi connectivity index (χ2n) is 3.89. The van der Waals surface area contributed by atoms with Crippen LogP contribution in [-0.2, 0) is 0 Å². The van der Waals surface area contributed by atoms with E-state index in [0.717, 1.165) is 5.56 Å². The van der Waals surface area contributed by atoms with Crippen LogP contribution >= 0.6 is 27.5 Å². The molecule has 0 aliphatic heterocycles. The Labute approximate surface area is 118 Å². The molecule has 0 bridgehead atoms. The molecule has 2 rings (SSSR count). The Morgan fingerprint density at radius 2 is 2.00 bits per heavy atom. The summed E-state index contributed by atoms with van der Waals surface area (Å²) in [7, 11) is 0. The van der Waals surface area contributed by atoms with Gasteiger partial charge in [-0.15, -0.1) is 0 Å².